The van der Waals surface area contributed by atoms with E-state index < -0.39 is 0 Å². The second kappa shape index (κ2) is 8.81. The smallest absolute Gasteiger partial charge is 0.124 e. The molecule has 0 bridgehead atoms. The maximum absolute atomic E-state index is 13.0. The first-order chi connectivity index (χ1) is 12.7. The van der Waals surface area contributed by atoms with Crippen LogP contribution in [0.15, 0.2) is 48.5 Å². The van der Waals surface area contributed by atoms with Crippen LogP contribution >= 0.6 is 0 Å². The molecule has 0 aliphatic carbocycles. The Hall–Kier alpha value is -2.40. The maximum Gasteiger partial charge on any atom is 0.124 e. The van der Waals surface area contributed by atoms with E-state index in [1.807, 2.05) is 18.2 Å². The quantitative estimate of drug-likeness (QED) is 0.567. The minimum absolute atomic E-state index is 0.254. The number of hydrogen-bond donors (Lipinski definition) is 0. The van der Waals surface area contributed by atoms with Crippen molar-refractivity contribution >= 4 is 11.0 Å². The van der Waals surface area contributed by atoms with Gasteiger partial charge in [-0.1, -0.05) is 25.5 Å². The zero-order valence-corrected chi connectivity index (χ0v) is 15.5. The van der Waals surface area contributed by atoms with Crippen LogP contribution in [0.25, 0.3) is 11.0 Å². The first kappa shape index (κ1) is 18.4. The Balaban J connectivity index is 1.72. The molecule has 0 saturated carbocycles. The summed E-state index contributed by atoms with van der Waals surface area (Å²) in [6, 6.07) is 14.3. The second-order valence-corrected chi connectivity index (χ2v) is 6.56. The lowest BCUT2D eigenvalue weighted by molar-refractivity contribution is 0.283. The van der Waals surface area contributed by atoms with Gasteiger partial charge in [-0.2, -0.15) is 0 Å². The van der Waals surface area contributed by atoms with E-state index in [2.05, 4.69) is 29.5 Å². The molecule has 1 aromatic heterocycles. The van der Waals surface area contributed by atoms with Crippen LogP contribution in [0, 0.1) is 5.82 Å². The largest absolute Gasteiger partial charge is 0.492 e. The molecule has 4 nitrogen and oxygen atoms in total. The highest BCUT2D eigenvalue weighted by Crippen LogP contribution is 2.18. The van der Waals surface area contributed by atoms with Gasteiger partial charge in [0.15, 0.2) is 0 Å². The van der Waals surface area contributed by atoms with Crippen LogP contribution in [0.2, 0.25) is 0 Å². The van der Waals surface area contributed by atoms with Crippen molar-refractivity contribution in [3.8, 4) is 5.75 Å². The molecule has 2 aromatic carbocycles. The molecule has 0 amide bonds. The third kappa shape index (κ3) is 4.61. The van der Waals surface area contributed by atoms with Gasteiger partial charge in [0.2, 0.25) is 0 Å². The number of fused-ring (bicyclic) bond motifs is 1. The van der Waals surface area contributed by atoms with E-state index in [1.54, 1.807) is 12.1 Å². The number of halogens is 1. The van der Waals surface area contributed by atoms with Crippen molar-refractivity contribution in [2.45, 2.75) is 32.9 Å². The number of ether oxygens (including phenoxy) is 1. The number of hydrogen-bond acceptors (Lipinski definition) is 3. The van der Waals surface area contributed by atoms with Crippen molar-refractivity contribution < 1.29 is 9.13 Å². The van der Waals surface area contributed by atoms with Crippen LogP contribution < -0.4 is 4.74 Å². The summed E-state index contributed by atoms with van der Waals surface area (Å²) in [5, 5.41) is 0. The Bertz CT molecular complexity index is 829. The van der Waals surface area contributed by atoms with Crippen molar-refractivity contribution in [3.05, 3.63) is 60.2 Å². The fraction of sp³-hybridized carbons (Fsp3) is 0.381. The number of unbranched alkanes of at least 4 members (excludes halogenated alkanes) is 1. The molecule has 0 fully saturated rings. The summed E-state index contributed by atoms with van der Waals surface area (Å²) in [4.78, 5) is 7.12. The fourth-order valence-electron chi connectivity index (χ4n) is 3.03. The lowest BCUT2D eigenvalue weighted by atomic mass is 10.3. The summed E-state index contributed by atoms with van der Waals surface area (Å²) in [5.41, 5.74) is 2.13. The number of aromatic nitrogens is 2. The minimum atomic E-state index is -0.254. The molecule has 0 spiro atoms. The van der Waals surface area contributed by atoms with E-state index in [4.69, 9.17) is 9.72 Å². The van der Waals surface area contributed by atoms with Gasteiger partial charge < -0.3 is 9.30 Å². The number of rotatable bonds is 9. The summed E-state index contributed by atoms with van der Waals surface area (Å²) >= 11 is 0. The van der Waals surface area contributed by atoms with Gasteiger partial charge in [0.05, 0.1) is 24.1 Å². The minimum Gasteiger partial charge on any atom is -0.492 e. The molecular formula is C21H26FN3O. The number of para-hydroxylation sites is 2. The molecule has 0 atom stereocenters. The van der Waals surface area contributed by atoms with Crippen molar-refractivity contribution in [1.29, 1.82) is 0 Å². The normalized spacial score (nSPS) is 11.4. The number of nitrogens with zero attached hydrogens (tertiary/aromatic N) is 3. The molecule has 0 aliphatic rings. The zero-order chi connectivity index (χ0) is 18.4. The van der Waals surface area contributed by atoms with Gasteiger partial charge in [-0.15, -0.1) is 0 Å². The molecule has 1 heterocycles. The zero-order valence-electron chi connectivity index (χ0n) is 15.5. The first-order valence-electron chi connectivity index (χ1n) is 9.18. The Kier molecular flexibility index (Phi) is 6.23. The van der Waals surface area contributed by atoms with Gasteiger partial charge in [0.1, 0.15) is 24.0 Å². The van der Waals surface area contributed by atoms with E-state index in [-0.39, 0.29) is 5.82 Å². The highest BCUT2D eigenvalue weighted by Gasteiger charge is 2.12. The lowest BCUT2D eigenvalue weighted by Crippen LogP contribution is -2.22. The Morgan fingerprint density at radius 3 is 2.65 bits per heavy atom. The predicted octanol–water partition coefficient (Wildman–Crippen LogP) is 4.49. The summed E-state index contributed by atoms with van der Waals surface area (Å²) in [7, 11) is 2.13. The number of benzene rings is 2. The molecule has 0 saturated heterocycles. The van der Waals surface area contributed by atoms with Crippen molar-refractivity contribution in [2.75, 3.05) is 20.2 Å². The predicted molar refractivity (Wildman–Crippen MR) is 103 cm³/mol. The summed E-state index contributed by atoms with van der Waals surface area (Å²) < 4.78 is 21.0. The molecule has 5 heteroatoms. The van der Waals surface area contributed by atoms with Crippen LogP contribution in [-0.4, -0.2) is 34.7 Å². The van der Waals surface area contributed by atoms with Crippen molar-refractivity contribution in [3.63, 3.8) is 0 Å². The Morgan fingerprint density at radius 1 is 1.12 bits per heavy atom. The number of imidazole rings is 1. The van der Waals surface area contributed by atoms with Crippen LogP contribution in [0.4, 0.5) is 4.39 Å². The van der Waals surface area contributed by atoms with Crippen molar-refractivity contribution in [1.82, 2.24) is 14.5 Å². The molecule has 26 heavy (non-hydrogen) atoms. The van der Waals surface area contributed by atoms with Crippen molar-refractivity contribution in [2.24, 2.45) is 0 Å². The lowest BCUT2D eigenvalue weighted by Gasteiger charge is -2.17. The van der Waals surface area contributed by atoms with E-state index in [0.29, 0.717) is 18.9 Å². The molecule has 0 unspecified atom stereocenters. The highest BCUT2D eigenvalue weighted by atomic mass is 19.1. The SMILES string of the molecule is CCCCN(C)Cc1nc2ccccc2n1CCOc1ccc(F)cc1. The average molecular weight is 355 g/mol. The molecule has 3 rings (SSSR count). The summed E-state index contributed by atoms with van der Waals surface area (Å²) in [6.07, 6.45) is 2.37. The molecule has 0 aliphatic heterocycles. The fourth-order valence-corrected chi connectivity index (χ4v) is 3.03. The molecule has 0 N–H and O–H groups in total. The van der Waals surface area contributed by atoms with Gasteiger partial charge in [-0.25, -0.2) is 9.37 Å². The van der Waals surface area contributed by atoms with Gasteiger partial charge in [0, 0.05) is 0 Å². The molecule has 138 valence electrons. The molecule has 3 aromatic rings. The third-order valence-corrected chi connectivity index (χ3v) is 4.44. The van der Waals surface area contributed by atoms with Gasteiger partial charge >= 0.3 is 0 Å². The first-order valence-corrected chi connectivity index (χ1v) is 9.18. The Morgan fingerprint density at radius 2 is 1.88 bits per heavy atom. The van der Waals surface area contributed by atoms with E-state index in [0.717, 1.165) is 29.9 Å². The standard InChI is InChI=1S/C21H26FN3O/c1-3-4-13-24(2)16-21-23-19-7-5-6-8-20(19)25(21)14-15-26-18-11-9-17(22)10-12-18/h5-12H,3-4,13-16H2,1-2H3. The van der Waals surface area contributed by atoms with E-state index in [9.17, 15) is 4.39 Å². The summed E-state index contributed by atoms with van der Waals surface area (Å²) in [5.74, 6) is 1.47. The molecule has 0 radical (unpaired) electrons. The monoisotopic (exact) mass is 355 g/mol. The topological polar surface area (TPSA) is 30.3 Å². The van der Waals surface area contributed by atoms with Crippen LogP contribution in [0.5, 0.6) is 5.75 Å². The van der Waals surface area contributed by atoms with E-state index >= 15 is 0 Å². The van der Waals surface area contributed by atoms with Crippen LogP contribution in [0.1, 0.15) is 25.6 Å². The average Bonchev–Trinajstić information content (AvgIpc) is 2.99. The van der Waals surface area contributed by atoms with Crippen LogP contribution in [0.3, 0.4) is 0 Å². The van der Waals surface area contributed by atoms with Gasteiger partial charge in [-0.05, 0) is 56.4 Å². The molecular weight excluding hydrogens is 329 g/mol. The van der Waals surface area contributed by atoms with Gasteiger partial charge in [0.25, 0.3) is 0 Å². The van der Waals surface area contributed by atoms with Crippen LogP contribution in [-0.2, 0) is 13.1 Å². The van der Waals surface area contributed by atoms with Gasteiger partial charge in [-0.3, -0.25) is 4.90 Å². The van der Waals surface area contributed by atoms with E-state index in [1.165, 1.54) is 25.0 Å². The summed E-state index contributed by atoms with van der Waals surface area (Å²) in [6.45, 7) is 5.29. The highest BCUT2D eigenvalue weighted by molar-refractivity contribution is 5.75. The maximum atomic E-state index is 13.0. The Labute approximate surface area is 154 Å². The second-order valence-electron chi connectivity index (χ2n) is 6.56. The third-order valence-electron chi connectivity index (χ3n) is 4.44.